The molecule has 24 heavy (non-hydrogen) atoms. The van der Waals surface area contributed by atoms with E-state index in [1.165, 1.54) is 30.3 Å². The van der Waals surface area contributed by atoms with Crippen molar-refractivity contribution in [1.82, 2.24) is 4.90 Å². The van der Waals surface area contributed by atoms with Gasteiger partial charge in [-0.2, -0.15) is 0 Å². The van der Waals surface area contributed by atoms with Gasteiger partial charge in [-0.05, 0) is 42.5 Å². The molecular formula is C17H16ClF2N3O. The maximum atomic E-state index is 13.2. The quantitative estimate of drug-likeness (QED) is 0.888. The molecule has 2 aromatic rings. The van der Waals surface area contributed by atoms with E-state index in [4.69, 9.17) is 11.6 Å². The van der Waals surface area contributed by atoms with Gasteiger partial charge in [-0.3, -0.25) is 0 Å². The Morgan fingerprint density at radius 3 is 2.29 bits per heavy atom. The third-order valence-electron chi connectivity index (χ3n) is 3.93. The van der Waals surface area contributed by atoms with Crippen molar-refractivity contribution in [3.05, 3.63) is 59.1 Å². The highest BCUT2D eigenvalue weighted by molar-refractivity contribution is 6.31. The van der Waals surface area contributed by atoms with Crippen LogP contribution in [0.3, 0.4) is 0 Å². The number of amides is 2. The van der Waals surface area contributed by atoms with Crippen LogP contribution in [0.1, 0.15) is 0 Å². The molecule has 0 saturated carbocycles. The first-order valence-electron chi connectivity index (χ1n) is 7.54. The molecule has 0 radical (unpaired) electrons. The fourth-order valence-electron chi connectivity index (χ4n) is 2.59. The zero-order valence-electron chi connectivity index (χ0n) is 12.8. The summed E-state index contributed by atoms with van der Waals surface area (Å²) in [6.07, 6.45) is 0. The van der Waals surface area contributed by atoms with E-state index in [0.717, 1.165) is 5.69 Å². The molecule has 2 aromatic carbocycles. The summed E-state index contributed by atoms with van der Waals surface area (Å²) >= 11 is 5.81. The summed E-state index contributed by atoms with van der Waals surface area (Å²) in [5, 5.41) is 2.83. The summed E-state index contributed by atoms with van der Waals surface area (Å²) in [7, 11) is 0. The minimum atomic E-state index is -0.447. The van der Waals surface area contributed by atoms with Crippen molar-refractivity contribution >= 4 is 29.0 Å². The Hall–Kier alpha value is -2.34. The second-order valence-electron chi connectivity index (χ2n) is 5.51. The average Bonchev–Trinajstić information content (AvgIpc) is 2.59. The number of hydrogen-bond donors (Lipinski definition) is 1. The third kappa shape index (κ3) is 3.76. The SMILES string of the molecule is O=C(Nc1ccc(F)cc1)N1CCN(c2ccc(F)c(Cl)c2)CC1. The number of nitrogens with zero attached hydrogens (tertiary/aromatic N) is 2. The molecular weight excluding hydrogens is 336 g/mol. The van der Waals surface area contributed by atoms with Crippen LogP contribution in [0, 0.1) is 11.6 Å². The normalized spacial score (nSPS) is 14.6. The summed E-state index contributed by atoms with van der Waals surface area (Å²) in [5.41, 5.74) is 1.38. The third-order valence-corrected chi connectivity index (χ3v) is 4.22. The molecule has 0 aromatic heterocycles. The van der Waals surface area contributed by atoms with Gasteiger partial charge in [0.05, 0.1) is 5.02 Å². The maximum Gasteiger partial charge on any atom is 0.321 e. The second kappa shape index (κ2) is 7.05. The standard InChI is InChI=1S/C17H16ClF2N3O/c18-15-11-14(5-6-16(15)20)22-7-9-23(10-8-22)17(24)21-13-3-1-12(19)2-4-13/h1-6,11H,7-10H2,(H,21,24). The lowest BCUT2D eigenvalue weighted by atomic mass is 10.2. The molecule has 1 heterocycles. The van der Waals surface area contributed by atoms with Crippen LogP contribution in [0.4, 0.5) is 25.0 Å². The van der Waals surface area contributed by atoms with E-state index in [1.54, 1.807) is 17.0 Å². The van der Waals surface area contributed by atoms with E-state index in [2.05, 4.69) is 5.32 Å². The first-order chi connectivity index (χ1) is 11.5. The number of piperazine rings is 1. The molecule has 0 bridgehead atoms. The molecule has 1 aliphatic heterocycles. The lowest BCUT2D eigenvalue weighted by molar-refractivity contribution is 0.208. The van der Waals surface area contributed by atoms with Crippen LogP contribution >= 0.6 is 11.6 Å². The Morgan fingerprint density at radius 2 is 1.67 bits per heavy atom. The van der Waals surface area contributed by atoms with Crippen molar-refractivity contribution in [3.8, 4) is 0 Å². The Balaban J connectivity index is 1.57. The molecule has 7 heteroatoms. The van der Waals surface area contributed by atoms with E-state index in [1.807, 2.05) is 4.90 Å². The number of rotatable bonds is 2. The van der Waals surface area contributed by atoms with E-state index in [0.29, 0.717) is 31.9 Å². The predicted octanol–water partition coefficient (Wildman–Crippen LogP) is 3.97. The monoisotopic (exact) mass is 351 g/mol. The number of halogens is 3. The van der Waals surface area contributed by atoms with Gasteiger partial charge in [0.25, 0.3) is 0 Å². The van der Waals surface area contributed by atoms with Crippen LogP contribution in [0.2, 0.25) is 5.02 Å². The van der Waals surface area contributed by atoms with Crippen LogP contribution in [0.5, 0.6) is 0 Å². The molecule has 126 valence electrons. The molecule has 1 fully saturated rings. The van der Waals surface area contributed by atoms with Gasteiger partial charge in [-0.25, -0.2) is 13.6 Å². The van der Waals surface area contributed by atoms with Crippen molar-refractivity contribution in [2.45, 2.75) is 0 Å². The first-order valence-corrected chi connectivity index (χ1v) is 7.92. The van der Waals surface area contributed by atoms with Gasteiger partial charge in [0.15, 0.2) is 0 Å². The zero-order chi connectivity index (χ0) is 17.1. The van der Waals surface area contributed by atoms with Crippen molar-refractivity contribution in [1.29, 1.82) is 0 Å². The Bertz CT molecular complexity index is 731. The molecule has 4 nitrogen and oxygen atoms in total. The predicted molar refractivity (Wildman–Crippen MR) is 90.6 cm³/mol. The molecule has 0 unspecified atom stereocenters. The average molecular weight is 352 g/mol. The van der Waals surface area contributed by atoms with Crippen LogP contribution in [0.25, 0.3) is 0 Å². The molecule has 1 aliphatic rings. The van der Waals surface area contributed by atoms with Crippen molar-refractivity contribution in [3.63, 3.8) is 0 Å². The molecule has 1 N–H and O–H groups in total. The highest BCUT2D eigenvalue weighted by atomic mass is 35.5. The Morgan fingerprint density at radius 1 is 1.00 bits per heavy atom. The number of benzene rings is 2. The maximum absolute atomic E-state index is 13.2. The summed E-state index contributed by atoms with van der Waals surface area (Å²) in [5.74, 6) is -0.794. The van der Waals surface area contributed by atoms with E-state index in [9.17, 15) is 13.6 Å². The number of anilines is 2. The molecule has 1 saturated heterocycles. The molecule has 0 atom stereocenters. The summed E-state index contributed by atoms with van der Waals surface area (Å²) < 4.78 is 26.1. The van der Waals surface area contributed by atoms with Crippen molar-refractivity contribution in [2.24, 2.45) is 0 Å². The lowest BCUT2D eigenvalue weighted by Gasteiger charge is -2.36. The fraction of sp³-hybridized carbons (Fsp3) is 0.235. The van der Waals surface area contributed by atoms with Crippen molar-refractivity contribution < 1.29 is 13.6 Å². The number of urea groups is 1. The summed E-state index contributed by atoms with van der Waals surface area (Å²) in [4.78, 5) is 16.0. The fourth-order valence-corrected chi connectivity index (χ4v) is 2.76. The minimum Gasteiger partial charge on any atom is -0.368 e. The van der Waals surface area contributed by atoms with Gasteiger partial charge in [-0.15, -0.1) is 0 Å². The highest BCUT2D eigenvalue weighted by Crippen LogP contribution is 2.23. The first kappa shape index (κ1) is 16.5. The van der Waals surface area contributed by atoms with Gasteiger partial charge in [0.2, 0.25) is 0 Å². The smallest absolute Gasteiger partial charge is 0.321 e. The van der Waals surface area contributed by atoms with E-state index < -0.39 is 5.82 Å². The van der Waals surface area contributed by atoms with E-state index >= 15 is 0 Å². The number of hydrogen-bond acceptors (Lipinski definition) is 2. The van der Waals surface area contributed by atoms with Gasteiger partial charge in [-0.1, -0.05) is 11.6 Å². The Kier molecular flexibility index (Phi) is 4.85. The van der Waals surface area contributed by atoms with Gasteiger partial charge in [0, 0.05) is 37.6 Å². The van der Waals surface area contributed by atoms with Gasteiger partial charge >= 0.3 is 6.03 Å². The van der Waals surface area contributed by atoms with Crippen LogP contribution < -0.4 is 10.2 Å². The molecule has 3 rings (SSSR count). The number of carbonyl (C=O) groups excluding carboxylic acids is 1. The zero-order valence-corrected chi connectivity index (χ0v) is 13.6. The number of nitrogens with one attached hydrogen (secondary N) is 1. The highest BCUT2D eigenvalue weighted by Gasteiger charge is 2.21. The van der Waals surface area contributed by atoms with Crippen LogP contribution in [-0.4, -0.2) is 37.1 Å². The van der Waals surface area contributed by atoms with Gasteiger partial charge < -0.3 is 15.1 Å². The minimum absolute atomic E-state index is 0.0870. The summed E-state index contributed by atoms with van der Waals surface area (Å²) in [6, 6.07) is 10.0. The molecule has 2 amide bonds. The van der Waals surface area contributed by atoms with Crippen LogP contribution in [0.15, 0.2) is 42.5 Å². The number of carbonyl (C=O) groups is 1. The van der Waals surface area contributed by atoms with Crippen molar-refractivity contribution in [2.75, 3.05) is 36.4 Å². The topological polar surface area (TPSA) is 35.6 Å². The van der Waals surface area contributed by atoms with E-state index in [-0.39, 0.29) is 16.9 Å². The summed E-state index contributed by atoms with van der Waals surface area (Å²) in [6.45, 7) is 2.31. The largest absolute Gasteiger partial charge is 0.368 e. The lowest BCUT2D eigenvalue weighted by Crippen LogP contribution is -2.50. The Labute approximate surface area is 143 Å². The van der Waals surface area contributed by atoms with Crippen LogP contribution in [-0.2, 0) is 0 Å². The molecule has 0 aliphatic carbocycles. The van der Waals surface area contributed by atoms with Gasteiger partial charge in [0.1, 0.15) is 11.6 Å². The molecule has 0 spiro atoms. The second-order valence-corrected chi connectivity index (χ2v) is 5.92.